The van der Waals surface area contributed by atoms with Crippen LogP contribution in [0.15, 0.2) is 75.7 Å². The standard InChI is InChI=1S/C29H26N4O7S/c1-5-40-28(35)25-16(2)30-29-32(26(25)17-6-10-20(38-3)11-7-17)27(34)24(41-29)14-18-8-12-22(31-18)21-15-19(33(36)37)9-13-23(21)39-4/h6-15,26,31H,5H2,1-4H3/b24-14-. The molecule has 0 bridgehead atoms. The van der Waals surface area contributed by atoms with Crippen LogP contribution in [0.1, 0.15) is 31.1 Å². The molecule has 1 atom stereocenters. The van der Waals surface area contributed by atoms with E-state index in [9.17, 15) is 19.7 Å². The number of fused-ring (bicyclic) bond motifs is 1. The summed E-state index contributed by atoms with van der Waals surface area (Å²) in [6.07, 6.45) is 1.69. The van der Waals surface area contributed by atoms with E-state index in [-0.39, 0.29) is 23.4 Å². The number of benzene rings is 2. The Labute approximate surface area is 237 Å². The van der Waals surface area contributed by atoms with Crippen LogP contribution in [0.5, 0.6) is 11.5 Å². The van der Waals surface area contributed by atoms with Crippen molar-refractivity contribution in [1.29, 1.82) is 0 Å². The quantitative estimate of drug-likeness (QED) is 0.192. The van der Waals surface area contributed by atoms with Gasteiger partial charge in [-0.15, -0.1) is 0 Å². The van der Waals surface area contributed by atoms with Gasteiger partial charge in [-0.25, -0.2) is 9.79 Å². The predicted octanol–water partition coefficient (Wildman–Crippen LogP) is 3.72. The molecule has 210 valence electrons. The molecule has 4 aromatic rings. The van der Waals surface area contributed by atoms with Gasteiger partial charge in [0, 0.05) is 29.1 Å². The summed E-state index contributed by atoms with van der Waals surface area (Å²) in [4.78, 5) is 46.0. The lowest BCUT2D eigenvalue weighted by Gasteiger charge is -2.24. The molecule has 5 rings (SSSR count). The first-order chi connectivity index (χ1) is 19.7. The summed E-state index contributed by atoms with van der Waals surface area (Å²) in [5.41, 5.74) is 2.76. The molecule has 12 heteroatoms. The highest BCUT2D eigenvalue weighted by molar-refractivity contribution is 7.07. The summed E-state index contributed by atoms with van der Waals surface area (Å²) in [6.45, 7) is 3.63. The molecular formula is C29H26N4O7S. The number of nitro groups is 1. The number of ether oxygens (including phenoxy) is 3. The lowest BCUT2D eigenvalue weighted by atomic mass is 9.96. The predicted molar refractivity (Wildman–Crippen MR) is 153 cm³/mol. The topological polar surface area (TPSA) is 138 Å². The van der Waals surface area contributed by atoms with E-state index < -0.39 is 16.9 Å². The Morgan fingerprint density at radius 3 is 2.56 bits per heavy atom. The van der Waals surface area contributed by atoms with Crippen LogP contribution in [0.2, 0.25) is 0 Å². The number of carbonyl (C=O) groups excluding carboxylic acids is 1. The molecule has 11 nitrogen and oxygen atoms in total. The Balaban J connectivity index is 1.62. The molecular weight excluding hydrogens is 548 g/mol. The summed E-state index contributed by atoms with van der Waals surface area (Å²) >= 11 is 1.20. The Morgan fingerprint density at radius 2 is 1.90 bits per heavy atom. The first kappa shape index (κ1) is 27.6. The van der Waals surface area contributed by atoms with E-state index in [1.54, 1.807) is 51.3 Å². The number of hydrogen-bond donors (Lipinski definition) is 1. The monoisotopic (exact) mass is 574 g/mol. The molecule has 1 N–H and O–H groups in total. The van der Waals surface area contributed by atoms with Gasteiger partial charge in [0.15, 0.2) is 4.80 Å². The number of non-ortho nitro benzene ring substituents is 1. The second-order valence-corrected chi connectivity index (χ2v) is 10.1. The zero-order chi connectivity index (χ0) is 29.3. The van der Waals surface area contributed by atoms with E-state index in [1.807, 2.05) is 12.1 Å². The van der Waals surface area contributed by atoms with Crippen LogP contribution in [-0.4, -0.2) is 41.3 Å². The average Bonchev–Trinajstić information content (AvgIpc) is 3.56. The van der Waals surface area contributed by atoms with Crippen molar-refractivity contribution in [2.24, 2.45) is 4.99 Å². The molecule has 0 radical (unpaired) electrons. The zero-order valence-corrected chi connectivity index (χ0v) is 23.5. The maximum absolute atomic E-state index is 13.8. The third-order valence-corrected chi connectivity index (χ3v) is 7.61. The van der Waals surface area contributed by atoms with Crippen molar-refractivity contribution in [1.82, 2.24) is 9.55 Å². The number of allylic oxidation sites excluding steroid dienone is 1. The van der Waals surface area contributed by atoms with Crippen molar-refractivity contribution in [2.75, 3.05) is 20.8 Å². The van der Waals surface area contributed by atoms with E-state index in [2.05, 4.69) is 9.98 Å². The molecule has 1 unspecified atom stereocenters. The summed E-state index contributed by atoms with van der Waals surface area (Å²) in [7, 11) is 3.05. The second-order valence-electron chi connectivity index (χ2n) is 9.04. The minimum Gasteiger partial charge on any atom is -0.497 e. The van der Waals surface area contributed by atoms with Crippen molar-refractivity contribution in [3.63, 3.8) is 0 Å². The molecule has 2 aromatic heterocycles. The Hall–Kier alpha value is -4.97. The molecule has 0 fully saturated rings. The Bertz CT molecular complexity index is 1870. The van der Waals surface area contributed by atoms with Crippen LogP contribution in [0.3, 0.4) is 0 Å². The largest absolute Gasteiger partial charge is 0.497 e. The van der Waals surface area contributed by atoms with Crippen molar-refractivity contribution >= 4 is 29.1 Å². The number of aromatic amines is 1. The number of nitrogens with one attached hydrogen (secondary N) is 1. The summed E-state index contributed by atoms with van der Waals surface area (Å²) in [6, 6.07) is 14.3. The Morgan fingerprint density at radius 1 is 1.15 bits per heavy atom. The van der Waals surface area contributed by atoms with Crippen LogP contribution >= 0.6 is 11.3 Å². The molecule has 1 aliphatic rings. The zero-order valence-electron chi connectivity index (χ0n) is 22.7. The first-order valence-corrected chi connectivity index (χ1v) is 13.4. The molecule has 3 heterocycles. The maximum Gasteiger partial charge on any atom is 0.338 e. The van der Waals surface area contributed by atoms with Crippen molar-refractivity contribution in [3.8, 4) is 22.8 Å². The number of hydrogen-bond acceptors (Lipinski definition) is 9. The third kappa shape index (κ3) is 5.16. The number of methoxy groups -OCH3 is 2. The molecule has 0 aliphatic carbocycles. The fourth-order valence-electron chi connectivity index (χ4n) is 4.71. The molecule has 0 spiro atoms. The van der Waals surface area contributed by atoms with Gasteiger partial charge in [0.1, 0.15) is 11.5 Å². The van der Waals surface area contributed by atoms with Crippen molar-refractivity contribution < 1.29 is 23.9 Å². The van der Waals surface area contributed by atoms with E-state index in [4.69, 9.17) is 14.2 Å². The SMILES string of the molecule is CCOC(=O)C1=C(C)N=c2s/c(=C\c3ccc(-c4cc([N+](=O)[O-])ccc4OC)[nH]3)c(=O)n2C1c1ccc(OC)cc1. The van der Waals surface area contributed by atoms with Crippen LogP contribution in [0.25, 0.3) is 17.3 Å². The van der Waals surface area contributed by atoms with Gasteiger partial charge < -0.3 is 19.2 Å². The van der Waals surface area contributed by atoms with Crippen LogP contribution < -0.4 is 24.4 Å². The highest BCUT2D eigenvalue weighted by atomic mass is 32.1. The summed E-state index contributed by atoms with van der Waals surface area (Å²) < 4.78 is 17.9. The average molecular weight is 575 g/mol. The van der Waals surface area contributed by atoms with E-state index in [0.717, 1.165) is 0 Å². The minimum atomic E-state index is -0.744. The second kappa shape index (κ2) is 11.3. The van der Waals surface area contributed by atoms with Crippen LogP contribution in [0.4, 0.5) is 5.69 Å². The lowest BCUT2D eigenvalue weighted by Crippen LogP contribution is -2.39. The van der Waals surface area contributed by atoms with Crippen LogP contribution in [-0.2, 0) is 9.53 Å². The van der Waals surface area contributed by atoms with Gasteiger partial charge in [-0.1, -0.05) is 23.5 Å². The number of H-pyrrole nitrogens is 1. The van der Waals surface area contributed by atoms with Gasteiger partial charge in [0.05, 0.1) is 47.6 Å². The molecule has 2 aromatic carbocycles. The molecule has 41 heavy (non-hydrogen) atoms. The fraction of sp³-hybridized carbons (Fsp3) is 0.207. The normalized spacial score (nSPS) is 14.8. The number of esters is 1. The number of nitrogens with zero attached hydrogens (tertiary/aromatic N) is 3. The smallest absolute Gasteiger partial charge is 0.338 e. The van der Waals surface area contributed by atoms with E-state index >= 15 is 0 Å². The van der Waals surface area contributed by atoms with Crippen molar-refractivity contribution in [2.45, 2.75) is 19.9 Å². The fourth-order valence-corrected chi connectivity index (χ4v) is 5.75. The molecule has 0 saturated heterocycles. The summed E-state index contributed by atoms with van der Waals surface area (Å²) in [5.74, 6) is 0.566. The molecule has 1 aliphatic heterocycles. The third-order valence-electron chi connectivity index (χ3n) is 6.63. The first-order valence-electron chi connectivity index (χ1n) is 12.6. The van der Waals surface area contributed by atoms with Gasteiger partial charge in [0.2, 0.25) is 0 Å². The highest BCUT2D eigenvalue weighted by Crippen LogP contribution is 2.33. The Kier molecular flexibility index (Phi) is 7.58. The highest BCUT2D eigenvalue weighted by Gasteiger charge is 2.33. The van der Waals surface area contributed by atoms with Crippen LogP contribution in [0, 0.1) is 10.1 Å². The number of carbonyl (C=O) groups is 1. The van der Waals surface area contributed by atoms with E-state index in [1.165, 1.54) is 41.2 Å². The minimum absolute atomic E-state index is 0.0726. The van der Waals surface area contributed by atoms with Gasteiger partial charge in [-0.3, -0.25) is 19.5 Å². The lowest BCUT2D eigenvalue weighted by molar-refractivity contribution is -0.384. The molecule has 0 amide bonds. The molecule has 0 saturated carbocycles. The number of nitro benzene ring substituents is 1. The van der Waals surface area contributed by atoms with Gasteiger partial charge >= 0.3 is 5.97 Å². The van der Waals surface area contributed by atoms with E-state index in [0.29, 0.717) is 49.0 Å². The number of thiazole rings is 1. The van der Waals surface area contributed by atoms with Gasteiger partial charge in [-0.2, -0.15) is 0 Å². The van der Waals surface area contributed by atoms with Crippen molar-refractivity contribution in [3.05, 3.63) is 107 Å². The number of aromatic nitrogens is 2. The maximum atomic E-state index is 13.8. The van der Waals surface area contributed by atoms with Gasteiger partial charge in [-0.05, 0) is 55.8 Å². The number of rotatable bonds is 8. The van der Waals surface area contributed by atoms with Gasteiger partial charge in [0.25, 0.3) is 11.2 Å². The summed E-state index contributed by atoms with van der Waals surface area (Å²) in [5, 5.41) is 11.3.